The highest BCUT2D eigenvalue weighted by Crippen LogP contribution is 2.11. The van der Waals surface area contributed by atoms with Crippen molar-refractivity contribution in [3.63, 3.8) is 0 Å². The van der Waals surface area contributed by atoms with Crippen molar-refractivity contribution in [2.24, 2.45) is 0 Å². The van der Waals surface area contributed by atoms with E-state index in [4.69, 9.17) is 9.84 Å². The number of hydrogen-bond acceptors (Lipinski definition) is 4. The summed E-state index contributed by atoms with van der Waals surface area (Å²) in [5, 5.41) is 8.69. The number of benzene rings is 1. The van der Waals surface area contributed by atoms with Gasteiger partial charge in [-0.25, -0.2) is 9.37 Å². The molecule has 0 aliphatic rings. The molecule has 0 unspecified atom stereocenters. The molecule has 0 atom stereocenters. The van der Waals surface area contributed by atoms with Crippen LogP contribution in [0.4, 0.5) is 4.39 Å². The van der Waals surface area contributed by atoms with E-state index in [1.807, 2.05) is 0 Å². The number of nitrogens with one attached hydrogen (secondary N) is 1. The van der Waals surface area contributed by atoms with Crippen LogP contribution in [0.1, 0.15) is 11.5 Å². The lowest BCUT2D eigenvalue weighted by molar-refractivity contribution is -0.136. The Hall–Kier alpha value is -2.70. The van der Waals surface area contributed by atoms with Gasteiger partial charge in [-0.15, -0.1) is 0 Å². The van der Waals surface area contributed by atoms with Crippen molar-refractivity contribution in [2.45, 2.75) is 12.8 Å². The van der Waals surface area contributed by atoms with E-state index in [0.29, 0.717) is 18.0 Å². The number of aromatic nitrogens is 2. The third kappa shape index (κ3) is 4.72. The van der Waals surface area contributed by atoms with Gasteiger partial charge in [-0.3, -0.25) is 9.59 Å². The van der Waals surface area contributed by atoms with Crippen LogP contribution in [0.3, 0.4) is 0 Å². The quantitative estimate of drug-likeness (QED) is 0.833. The van der Waals surface area contributed by atoms with Crippen LogP contribution in [0.25, 0.3) is 0 Å². The molecule has 0 spiro atoms. The Morgan fingerprint density at radius 1 is 1.33 bits per heavy atom. The lowest BCUT2D eigenvalue weighted by Gasteiger charge is -2.06. The van der Waals surface area contributed by atoms with E-state index >= 15 is 0 Å². The molecule has 0 aliphatic heterocycles. The number of nitrogens with zero attached hydrogens (tertiary/aromatic N) is 1. The fraction of sp³-hybridized carbons (Fsp3) is 0.214. The maximum Gasteiger partial charge on any atom is 0.309 e. The molecule has 0 saturated carbocycles. The van der Waals surface area contributed by atoms with Crippen LogP contribution < -0.4 is 10.3 Å². The maximum absolute atomic E-state index is 12.7. The van der Waals surface area contributed by atoms with Crippen LogP contribution >= 0.6 is 0 Å². The van der Waals surface area contributed by atoms with Crippen molar-refractivity contribution in [3.8, 4) is 5.75 Å². The van der Waals surface area contributed by atoms with Gasteiger partial charge in [-0.05, 0) is 24.3 Å². The number of carbonyl (C=O) groups is 1. The maximum atomic E-state index is 12.7. The number of hydrogen-bond donors (Lipinski definition) is 2. The van der Waals surface area contributed by atoms with E-state index in [1.54, 1.807) is 0 Å². The molecule has 0 radical (unpaired) electrons. The summed E-state index contributed by atoms with van der Waals surface area (Å²) < 4.78 is 18.1. The molecule has 0 saturated heterocycles. The van der Waals surface area contributed by atoms with Gasteiger partial charge in [-0.1, -0.05) is 0 Å². The van der Waals surface area contributed by atoms with Gasteiger partial charge >= 0.3 is 5.97 Å². The lowest BCUT2D eigenvalue weighted by atomic mass is 10.3. The smallest absolute Gasteiger partial charge is 0.309 e. The molecule has 7 heteroatoms. The molecule has 0 fully saturated rings. The van der Waals surface area contributed by atoms with Crippen LogP contribution in [0.2, 0.25) is 0 Å². The molecule has 0 amide bonds. The van der Waals surface area contributed by atoms with E-state index in [0.717, 1.165) is 6.07 Å². The van der Waals surface area contributed by atoms with E-state index in [1.165, 1.54) is 24.3 Å². The summed E-state index contributed by atoms with van der Waals surface area (Å²) in [5.41, 5.74) is -0.207. The molecular weight excluding hydrogens is 279 g/mol. The molecule has 1 aromatic heterocycles. The van der Waals surface area contributed by atoms with Crippen molar-refractivity contribution in [1.82, 2.24) is 9.97 Å². The van der Waals surface area contributed by atoms with Crippen LogP contribution in [0, 0.1) is 5.82 Å². The second kappa shape index (κ2) is 6.65. The second-order valence-electron chi connectivity index (χ2n) is 4.31. The van der Waals surface area contributed by atoms with Gasteiger partial charge in [0.15, 0.2) is 0 Å². The minimum atomic E-state index is -1.05. The molecule has 2 rings (SSSR count). The number of aromatic amines is 1. The highest BCUT2D eigenvalue weighted by atomic mass is 19.1. The molecule has 0 aliphatic carbocycles. The fourth-order valence-electron chi connectivity index (χ4n) is 1.72. The summed E-state index contributed by atoms with van der Waals surface area (Å²) in [6, 6.07) is 6.70. The summed E-state index contributed by atoms with van der Waals surface area (Å²) in [7, 11) is 0. The molecule has 1 heterocycles. The highest BCUT2D eigenvalue weighted by molar-refractivity contribution is 5.69. The monoisotopic (exact) mass is 292 g/mol. The Morgan fingerprint density at radius 3 is 2.71 bits per heavy atom. The molecule has 21 heavy (non-hydrogen) atoms. The molecule has 2 aromatic rings. The Bertz CT molecular complexity index is 682. The number of carboxylic acid groups (broad SMARTS) is 1. The predicted molar refractivity (Wildman–Crippen MR) is 71.8 cm³/mol. The summed E-state index contributed by atoms with van der Waals surface area (Å²) in [4.78, 5) is 28.6. The van der Waals surface area contributed by atoms with Gasteiger partial charge in [0.05, 0.1) is 18.7 Å². The van der Waals surface area contributed by atoms with E-state index in [9.17, 15) is 14.0 Å². The first kappa shape index (κ1) is 14.7. The van der Waals surface area contributed by atoms with Gasteiger partial charge in [0, 0.05) is 12.5 Å². The van der Waals surface area contributed by atoms with Crippen molar-refractivity contribution >= 4 is 5.97 Å². The average Bonchev–Trinajstić information content (AvgIpc) is 2.39. The molecule has 110 valence electrons. The van der Waals surface area contributed by atoms with Crippen molar-refractivity contribution < 1.29 is 19.0 Å². The van der Waals surface area contributed by atoms with Gasteiger partial charge < -0.3 is 14.8 Å². The minimum Gasteiger partial charge on any atom is -0.493 e. The fourth-order valence-corrected chi connectivity index (χ4v) is 1.72. The summed E-state index contributed by atoms with van der Waals surface area (Å²) in [6.07, 6.45) is -0.00415. The molecule has 1 aromatic carbocycles. The first-order valence-corrected chi connectivity index (χ1v) is 6.22. The van der Waals surface area contributed by atoms with Gasteiger partial charge in [0.1, 0.15) is 17.4 Å². The zero-order chi connectivity index (χ0) is 15.2. The first-order chi connectivity index (χ1) is 10.0. The van der Waals surface area contributed by atoms with E-state index in [2.05, 4.69) is 9.97 Å². The number of carboxylic acids is 1. The number of H-pyrrole nitrogens is 1. The number of halogens is 1. The Labute approximate surface area is 119 Å². The van der Waals surface area contributed by atoms with E-state index in [-0.39, 0.29) is 24.5 Å². The third-order valence-electron chi connectivity index (χ3n) is 2.60. The van der Waals surface area contributed by atoms with Crippen LogP contribution in [-0.2, 0) is 17.6 Å². The topological polar surface area (TPSA) is 92.3 Å². The molecular formula is C14H13FN2O4. The molecule has 6 nitrogen and oxygen atoms in total. The van der Waals surface area contributed by atoms with Gasteiger partial charge in [-0.2, -0.15) is 0 Å². The van der Waals surface area contributed by atoms with E-state index < -0.39 is 11.5 Å². The number of ether oxygens (including phenoxy) is 1. The van der Waals surface area contributed by atoms with Crippen molar-refractivity contribution in [1.29, 1.82) is 0 Å². The zero-order valence-electron chi connectivity index (χ0n) is 11.0. The summed E-state index contributed by atoms with van der Waals surface area (Å²) in [6.45, 7) is 0.227. The van der Waals surface area contributed by atoms with Crippen molar-refractivity contribution in [2.75, 3.05) is 6.61 Å². The largest absolute Gasteiger partial charge is 0.493 e. The van der Waals surface area contributed by atoms with Crippen LogP contribution in [-0.4, -0.2) is 27.7 Å². The Morgan fingerprint density at radius 2 is 2.05 bits per heavy atom. The van der Waals surface area contributed by atoms with Crippen LogP contribution in [0.15, 0.2) is 35.1 Å². The number of rotatable bonds is 6. The van der Waals surface area contributed by atoms with Gasteiger partial charge in [0.2, 0.25) is 0 Å². The Kier molecular flexibility index (Phi) is 4.65. The minimum absolute atomic E-state index is 0.197. The molecule has 0 bridgehead atoms. The third-order valence-corrected chi connectivity index (χ3v) is 2.60. The highest BCUT2D eigenvalue weighted by Gasteiger charge is 2.06. The SMILES string of the molecule is O=C(O)Cc1cc(=O)[nH]c(CCOc2ccc(F)cc2)n1. The predicted octanol–water partition coefficient (Wildman–Crippen LogP) is 1.16. The van der Waals surface area contributed by atoms with Crippen molar-refractivity contribution in [3.05, 3.63) is 58.0 Å². The van der Waals surface area contributed by atoms with Crippen LogP contribution in [0.5, 0.6) is 5.75 Å². The van der Waals surface area contributed by atoms with Gasteiger partial charge in [0.25, 0.3) is 5.56 Å². The second-order valence-corrected chi connectivity index (χ2v) is 4.31. The summed E-state index contributed by atoms with van der Waals surface area (Å²) in [5.74, 6) is -0.558. The normalized spacial score (nSPS) is 10.3. The average molecular weight is 292 g/mol. The summed E-state index contributed by atoms with van der Waals surface area (Å²) >= 11 is 0. The first-order valence-electron chi connectivity index (χ1n) is 6.22. The zero-order valence-corrected chi connectivity index (χ0v) is 11.0. The Balaban J connectivity index is 1.96. The molecule has 2 N–H and O–H groups in total. The number of aliphatic carboxylic acids is 1. The standard InChI is InChI=1S/C14H13FN2O4/c15-9-1-3-11(4-2-9)21-6-5-12-16-10(8-14(19)20)7-13(18)17-12/h1-4,7H,5-6,8H2,(H,19,20)(H,16,17,18). The lowest BCUT2D eigenvalue weighted by Crippen LogP contribution is -2.16.